The molecule has 0 saturated carbocycles. The van der Waals surface area contributed by atoms with Gasteiger partial charge in [-0.2, -0.15) is 0 Å². The normalized spacial score (nSPS) is 5.29. The van der Waals surface area contributed by atoms with Crippen molar-refractivity contribution in [3.05, 3.63) is 0 Å². The molecule has 0 rings (SSSR count). The van der Waals surface area contributed by atoms with E-state index in [2.05, 4.69) is 5.73 Å². The zero-order valence-electron chi connectivity index (χ0n) is 3.76. The van der Waals surface area contributed by atoms with Crippen LogP contribution in [0.3, 0.4) is 0 Å². The summed E-state index contributed by atoms with van der Waals surface area (Å²) in [5.74, 6) is -0.968. The summed E-state index contributed by atoms with van der Waals surface area (Å²) in [5, 5.41) is 7.60. The molecule has 0 fully saturated rings. The molecule has 7 heavy (non-hydrogen) atoms. The minimum absolute atomic E-state index is 0. The van der Waals surface area contributed by atoms with E-state index in [4.69, 9.17) is 5.11 Å². The van der Waals surface area contributed by atoms with Gasteiger partial charge in [-0.1, -0.05) is 0 Å². The van der Waals surface area contributed by atoms with Crippen molar-refractivity contribution in [1.29, 1.82) is 0 Å². The standard InChI is InChI=1S/C2H5NO2.Mg.O/c3-1-2(4)5;;/h1,3H2,(H,4,5);;/q;+2;-2. The second kappa shape index (κ2) is 9.48. The number of carboxylic acid groups (broad SMARTS) is 1. The van der Waals surface area contributed by atoms with E-state index in [9.17, 15) is 4.79 Å². The molecule has 0 spiro atoms. The molecule has 3 N–H and O–H groups in total. The molecular formula is C2H5MgNO3. The Balaban J connectivity index is -0.0000000800. The Bertz CT molecular complexity index is 48.2. The van der Waals surface area contributed by atoms with Crippen LogP contribution in [0.2, 0.25) is 0 Å². The van der Waals surface area contributed by atoms with E-state index < -0.39 is 5.97 Å². The number of rotatable bonds is 1. The Morgan fingerprint density at radius 3 is 1.86 bits per heavy atom. The molecule has 0 aromatic carbocycles. The van der Waals surface area contributed by atoms with Crippen LogP contribution in [-0.4, -0.2) is 40.7 Å². The van der Waals surface area contributed by atoms with E-state index in [0.29, 0.717) is 0 Å². The fourth-order valence-electron chi connectivity index (χ4n) is 0. The molecular weight excluding hydrogens is 110 g/mol. The predicted molar refractivity (Wildman–Crippen MR) is 23.1 cm³/mol. The maximum absolute atomic E-state index is 9.24. The molecule has 0 aromatic heterocycles. The van der Waals surface area contributed by atoms with Crippen molar-refractivity contribution in [2.24, 2.45) is 5.73 Å². The van der Waals surface area contributed by atoms with Crippen LogP contribution in [0.15, 0.2) is 0 Å². The molecule has 0 radical (unpaired) electrons. The van der Waals surface area contributed by atoms with E-state index in [0.717, 1.165) is 0 Å². The van der Waals surface area contributed by atoms with Gasteiger partial charge in [-0.05, 0) is 0 Å². The van der Waals surface area contributed by atoms with E-state index in [1.165, 1.54) is 0 Å². The topological polar surface area (TPSA) is 91.8 Å². The minimum Gasteiger partial charge on any atom is -2.00 e. The molecule has 38 valence electrons. The summed E-state index contributed by atoms with van der Waals surface area (Å²) in [6.45, 7) is -0.278. The third-order valence-corrected chi connectivity index (χ3v) is 0.175. The van der Waals surface area contributed by atoms with Crippen LogP contribution < -0.4 is 5.73 Å². The van der Waals surface area contributed by atoms with Crippen LogP contribution in [0.5, 0.6) is 0 Å². The van der Waals surface area contributed by atoms with E-state index in [-0.39, 0.29) is 35.1 Å². The van der Waals surface area contributed by atoms with Gasteiger partial charge in [-0.25, -0.2) is 0 Å². The second-order valence-electron chi connectivity index (χ2n) is 0.598. The summed E-state index contributed by atoms with van der Waals surface area (Å²) in [5.41, 5.74) is 4.57. The van der Waals surface area contributed by atoms with E-state index >= 15 is 0 Å². The van der Waals surface area contributed by atoms with E-state index in [1.54, 1.807) is 0 Å². The van der Waals surface area contributed by atoms with Gasteiger partial charge in [0.1, 0.15) is 0 Å². The number of nitrogens with two attached hydrogens (primary N) is 1. The van der Waals surface area contributed by atoms with Gasteiger partial charge in [0.05, 0.1) is 6.54 Å². The quantitative estimate of drug-likeness (QED) is 0.409. The Labute approximate surface area is 57.2 Å². The van der Waals surface area contributed by atoms with Crippen LogP contribution in [0, 0.1) is 0 Å². The Morgan fingerprint density at radius 2 is 1.86 bits per heavy atom. The molecule has 0 amide bonds. The van der Waals surface area contributed by atoms with Crippen molar-refractivity contribution in [3.63, 3.8) is 0 Å². The number of aliphatic carboxylic acids is 1. The van der Waals surface area contributed by atoms with Gasteiger partial charge in [-0.15, -0.1) is 0 Å². The Hall–Kier alpha value is 0.156. The first-order valence-corrected chi connectivity index (χ1v) is 1.19. The van der Waals surface area contributed by atoms with Crippen LogP contribution in [0.4, 0.5) is 0 Å². The molecule has 0 bridgehead atoms. The molecule has 0 unspecified atom stereocenters. The SMILES string of the molecule is NCC(=O)O.[Mg+2].[O-2]. The maximum atomic E-state index is 9.24. The molecule has 0 aliphatic heterocycles. The van der Waals surface area contributed by atoms with Gasteiger partial charge in [0.15, 0.2) is 0 Å². The van der Waals surface area contributed by atoms with Gasteiger partial charge in [0.25, 0.3) is 0 Å². The van der Waals surface area contributed by atoms with Gasteiger partial charge < -0.3 is 16.3 Å². The third kappa shape index (κ3) is 22.9. The molecule has 0 saturated heterocycles. The fraction of sp³-hybridized carbons (Fsp3) is 0.500. The van der Waals surface area contributed by atoms with Crippen molar-refractivity contribution < 1.29 is 15.4 Å². The molecule has 4 nitrogen and oxygen atoms in total. The van der Waals surface area contributed by atoms with Crippen LogP contribution in [0.25, 0.3) is 0 Å². The van der Waals surface area contributed by atoms with E-state index in [1.807, 2.05) is 0 Å². The summed E-state index contributed by atoms with van der Waals surface area (Å²) < 4.78 is 0. The summed E-state index contributed by atoms with van der Waals surface area (Å²) in [7, 11) is 0. The number of carboxylic acids is 1. The molecule has 0 aliphatic rings. The minimum atomic E-state index is -0.968. The number of carbonyl (C=O) groups is 1. The fourth-order valence-corrected chi connectivity index (χ4v) is 0. The maximum Gasteiger partial charge on any atom is 2.00 e. The molecule has 0 aromatic rings. The summed E-state index contributed by atoms with van der Waals surface area (Å²) in [6, 6.07) is 0. The first kappa shape index (κ1) is 15.7. The number of hydrogen-bond acceptors (Lipinski definition) is 2. The smallest absolute Gasteiger partial charge is 2.00 e. The first-order valence-electron chi connectivity index (χ1n) is 1.19. The van der Waals surface area contributed by atoms with Gasteiger partial charge in [-0.3, -0.25) is 4.79 Å². The van der Waals surface area contributed by atoms with Crippen molar-refractivity contribution in [3.8, 4) is 0 Å². The van der Waals surface area contributed by atoms with Crippen LogP contribution >= 0.6 is 0 Å². The average Bonchev–Trinajstić information content (AvgIpc) is 1.38. The third-order valence-electron chi connectivity index (χ3n) is 0.175. The van der Waals surface area contributed by atoms with Crippen LogP contribution in [0.1, 0.15) is 0 Å². The Morgan fingerprint density at radius 1 is 1.71 bits per heavy atom. The molecule has 0 heterocycles. The van der Waals surface area contributed by atoms with Crippen LogP contribution in [-0.2, 0) is 10.3 Å². The summed E-state index contributed by atoms with van der Waals surface area (Å²) in [4.78, 5) is 9.24. The second-order valence-corrected chi connectivity index (χ2v) is 0.598. The van der Waals surface area contributed by atoms with Crippen molar-refractivity contribution in [2.75, 3.05) is 6.54 Å². The zero-order valence-corrected chi connectivity index (χ0v) is 5.17. The van der Waals surface area contributed by atoms with Gasteiger partial charge in [0, 0.05) is 0 Å². The van der Waals surface area contributed by atoms with Crippen molar-refractivity contribution in [2.45, 2.75) is 0 Å². The average molecular weight is 115 g/mol. The summed E-state index contributed by atoms with van der Waals surface area (Å²) in [6.07, 6.45) is 0. The van der Waals surface area contributed by atoms with Gasteiger partial charge in [0.2, 0.25) is 0 Å². The van der Waals surface area contributed by atoms with Crippen molar-refractivity contribution in [1.82, 2.24) is 0 Å². The first-order chi connectivity index (χ1) is 2.27. The van der Waals surface area contributed by atoms with Crippen molar-refractivity contribution >= 4 is 29.0 Å². The molecule has 0 atom stereocenters. The Kier molecular flexibility index (Phi) is 21.3. The van der Waals surface area contributed by atoms with Gasteiger partial charge >= 0.3 is 29.0 Å². The monoisotopic (exact) mass is 115 g/mol. The molecule has 0 aliphatic carbocycles. The molecule has 5 heteroatoms. The number of hydrogen-bond donors (Lipinski definition) is 2. The summed E-state index contributed by atoms with van der Waals surface area (Å²) >= 11 is 0. The largest absolute Gasteiger partial charge is 2.00 e. The predicted octanol–water partition coefficient (Wildman–Crippen LogP) is -1.47. The zero-order chi connectivity index (χ0) is 4.28.